The quantitative estimate of drug-likeness (QED) is 0.688. The van der Waals surface area contributed by atoms with Crippen LogP contribution >= 0.6 is 27.5 Å². The molecule has 1 nitrogen and oxygen atoms in total. The van der Waals surface area contributed by atoms with Gasteiger partial charge in [0.1, 0.15) is 0 Å². The highest BCUT2D eigenvalue weighted by Crippen LogP contribution is 2.30. The molecular formula is C10H9BrClN. The number of hydrogen-bond acceptors (Lipinski definition) is 0. The summed E-state index contributed by atoms with van der Waals surface area (Å²) < 4.78 is 3.23. The lowest BCUT2D eigenvalue weighted by atomic mass is 10.2. The van der Waals surface area contributed by atoms with Crippen LogP contribution in [0.4, 0.5) is 0 Å². The maximum absolute atomic E-state index is 5.86. The van der Waals surface area contributed by atoms with Gasteiger partial charge in [0.05, 0.1) is 5.88 Å². The molecule has 13 heavy (non-hydrogen) atoms. The van der Waals surface area contributed by atoms with Crippen LogP contribution in [-0.2, 0) is 12.9 Å². The molecule has 0 bridgehead atoms. The fraction of sp³-hybridized carbons (Fsp3) is 0.200. The van der Waals surface area contributed by atoms with E-state index >= 15 is 0 Å². The van der Waals surface area contributed by atoms with Gasteiger partial charge in [0, 0.05) is 28.1 Å². The zero-order chi connectivity index (χ0) is 9.42. The number of fused-ring (bicyclic) bond motifs is 1. The first-order valence-electron chi connectivity index (χ1n) is 4.03. The summed E-state index contributed by atoms with van der Waals surface area (Å²) in [7, 11) is 2.03. The fourth-order valence-electron chi connectivity index (χ4n) is 1.55. The van der Waals surface area contributed by atoms with Gasteiger partial charge in [-0.15, -0.1) is 11.6 Å². The van der Waals surface area contributed by atoms with Gasteiger partial charge in [-0.25, -0.2) is 0 Å². The summed E-state index contributed by atoms with van der Waals surface area (Å²) in [5.74, 6) is 0.533. The van der Waals surface area contributed by atoms with Gasteiger partial charge in [0.15, 0.2) is 0 Å². The first-order valence-corrected chi connectivity index (χ1v) is 5.36. The maximum atomic E-state index is 5.86. The topological polar surface area (TPSA) is 4.93 Å². The van der Waals surface area contributed by atoms with Crippen LogP contribution in [0.25, 0.3) is 10.9 Å². The first-order chi connectivity index (χ1) is 6.25. The number of benzene rings is 1. The van der Waals surface area contributed by atoms with E-state index in [1.165, 1.54) is 10.9 Å². The average Bonchev–Trinajstić information content (AvgIpc) is 2.41. The largest absolute Gasteiger partial charge is 0.346 e. The fourth-order valence-corrected chi connectivity index (χ4v) is 2.76. The molecule has 0 radical (unpaired) electrons. The Bertz CT molecular complexity index is 408. The molecule has 0 saturated heterocycles. The number of aryl methyl sites for hydroxylation is 1. The van der Waals surface area contributed by atoms with Crippen LogP contribution in [0.3, 0.4) is 0 Å². The molecule has 2 aromatic rings. The highest BCUT2D eigenvalue weighted by molar-refractivity contribution is 9.10. The third kappa shape index (κ3) is 1.29. The van der Waals surface area contributed by atoms with E-state index in [2.05, 4.69) is 32.6 Å². The van der Waals surface area contributed by atoms with Crippen LogP contribution in [-0.4, -0.2) is 4.57 Å². The van der Waals surface area contributed by atoms with Crippen molar-refractivity contribution in [3.05, 3.63) is 34.4 Å². The Kier molecular flexibility index (Phi) is 2.35. The van der Waals surface area contributed by atoms with E-state index in [0.717, 1.165) is 10.2 Å². The highest BCUT2D eigenvalue weighted by Gasteiger charge is 2.10. The van der Waals surface area contributed by atoms with Crippen molar-refractivity contribution in [2.75, 3.05) is 0 Å². The lowest BCUT2D eigenvalue weighted by molar-refractivity contribution is 0.903. The van der Waals surface area contributed by atoms with Crippen molar-refractivity contribution < 1.29 is 0 Å². The number of alkyl halides is 1. The maximum Gasteiger partial charge on any atom is 0.0638 e. The standard InChI is InChI=1S/C10H9BrClN/c1-13-8-5-3-2-4-7(8)10(11)9(13)6-12/h2-5H,6H2,1H3. The second kappa shape index (κ2) is 3.35. The number of nitrogens with zero attached hydrogens (tertiary/aromatic N) is 1. The monoisotopic (exact) mass is 257 g/mol. The minimum Gasteiger partial charge on any atom is -0.346 e. The van der Waals surface area contributed by atoms with Crippen molar-refractivity contribution in [1.82, 2.24) is 4.57 Å². The van der Waals surface area contributed by atoms with Crippen molar-refractivity contribution in [3.63, 3.8) is 0 Å². The summed E-state index contributed by atoms with van der Waals surface area (Å²) >= 11 is 9.42. The smallest absolute Gasteiger partial charge is 0.0638 e. The second-order valence-corrected chi connectivity index (χ2v) is 4.03. The first kappa shape index (κ1) is 9.10. The van der Waals surface area contributed by atoms with E-state index in [4.69, 9.17) is 11.6 Å². The molecular weight excluding hydrogens is 249 g/mol. The number of hydrogen-bond donors (Lipinski definition) is 0. The summed E-state index contributed by atoms with van der Waals surface area (Å²) in [6.07, 6.45) is 0. The Balaban J connectivity index is 2.88. The van der Waals surface area contributed by atoms with Crippen molar-refractivity contribution >= 4 is 38.4 Å². The summed E-state index contributed by atoms with van der Waals surface area (Å²) in [6, 6.07) is 8.25. The SMILES string of the molecule is Cn1c(CCl)c(Br)c2ccccc21. The molecule has 0 aliphatic carbocycles. The summed E-state index contributed by atoms with van der Waals surface area (Å²) in [5.41, 5.74) is 2.34. The van der Waals surface area contributed by atoms with Crippen molar-refractivity contribution in [2.24, 2.45) is 7.05 Å². The Labute approximate surface area is 90.4 Å². The van der Waals surface area contributed by atoms with Gasteiger partial charge in [0.25, 0.3) is 0 Å². The second-order valence-electron chi connectivity index (χ2n) is 2.97. The molecule has 0 amide bonds. The summed E-state index contributed by atoms with van der Waals surface area (Å²) in [4.78, 5) is 0. The predicted octanol–water partition coefficient (Wildman–Crippen LogP) is 3.68. The third-order valence-corrected chi connectivity index (χ3v) is 3.42. The molecule has 0 aliphatic heterocycles. The predicted molar refractivity (Wildman–Crippen MR) is 60.2 cm³/mol. The van der Waals surface area contributed by atoms with Gasteiger partial charge in [0.2, 0.25) is 0 Å². The van der Waals surface area contributed by atoms with Gasteiger partial charge < -0.3 is 4.57 Å². The molecule has 0 fully saturated rings. The molecule has 1 heterocycles. The lowest BCUT2D eigenvalue weighted by Gasteiger charge is -1.99. The van der Waals surface area contributed by atoms with Crippen LogP contribution in [0.15, 0.2) is 28.7 Å². The van der Waals surface area contributed by atoms with Crippen LogP contribution in [0.2, 0.25) is 0 Å². The average molecular weight is 259 g/mol. The molecule has 3 heteroatoms. The Morgan fingerprint density at radius 3 is 2.69 bits per heavy atom. The molecule has 0 N–H and O–H groups in total. The van der Waals surface area contributed by atoms with Gasteiger partial charge in [-0.2, -0.15) is 0 Å². The minimum atomic E-state index is 0.533. The highest BCUT2D eigenvalue weighted by atomic mass is 79.9. The van der Waals surface area contributed by atoms with Gasteiger partial charge >= 0.3 is 0 Å². The van der Waals surface area contributed by atoms with Crippen molar-refractivity contribution in [2.45, 2.75) is 5.88 Å². The molecule has 2 rings (SSSR count). The lowest BCUT2D eigenvalue weighted by Crippen LogP contribution is -1.92. The number of aromatic nitrogens is 1. The zero-order valence-corrected chi connectivity index (χ0v) is 9.56. The van der Waals surface area contributed by atoms with Crippen molar-refractivity contribution in [3.8, 4) is 0 Å². The van der Waals surface area contributed by atoms with E-state index in [9.17, 15) is 0 Å². The van der Waals surface area contributed by atoms with E-state index < -0.39 is 0 Å². The summed E-state index contributed by atoms with van der Waals surface area (Å²) in [5, 5.41) is 1.22. The number of rotatable bonds is 1. The van der Waals surface area contributed by atoms with E-state index in [0.29, 0.717) is 5.88 Å². The van der Waals surface area contributed by atoms with Gasteiger partial charge in [-0.05, 0) is 22.0 Å². The minimum absolute atomic E-state index is 0.533. The number of para-hydroxylation sites is 1. The van der Waals surface area contributed by atoms with Gasteiger partial charge in [-0.1, -0.05) is 18.2 Å². The summed E-state index contributed by atoms with van der Waals surface area (Å²) in [6.45, 7) is 0. The zero-order valence-electron chi connectivity index (χ0n) is 7.22. The normalized spacial score (nSPS) is 11.0. The van der Waals surface area contributed by atoms with Crippen LogP contribution in [0, 0.1) is 0 Å². The van der Waals surface area contributed by atoms with E-state index in [1.54, 1.807) is 0 Å². The van der Waals surface area contributed by atoms with E-state index in [1.807, 2.05) is 19.2 Å². The van der Waals surface area contributed by atoms with E-state index in [-0.39, 0.29) is 0 Å². The Morgan fingerprint density at radius 1 is 1.38 bits per heavy atom. The Hall–Kier alpha value is -0.470. The molecule has 0 saturated carbocycles. The van der Waals surface area contributed by atoms with Crippen LogP contribution < -0.4 is 0 Å². The van der Waals surface area contributed by atoms with Gasteiger partial charge in [-0.3, -0.25) is 0 Å². The molecule has 0 unspecified atom stereocenters. The molecule has 0 aliphatic rings. The molecule has 1 aromatic carbocycles. The van der Waals surface area contributed by atoms with Crippen molar-refractivity contribution in [1.29, 1.82) is 0 Å². The third-order valence-electron chi connectivity index (χ3n) is 2.29. The molecule has 0 atom stereocenters. The molecule has 0 spiro atoms. The van der Waals surface area contributed by atoms with Crippen LogP contribution in [0.5, 0.6) is 0 Å². The molecule has 68 valence electrons. The number of halogens is 2. The van der Waals surface area contributed by atoms with Crippen LogP contribution in [0.1, 0.15) is 5.69 Å². The molecule has 1 aromatic heterocycles. The Morgan fingerprint density at radius 2 is 2.08 bits per heavy atom.